The Morgan fingerprint density at radius 2 is 1.41 bits per heavy atom. The second-order valence-corrected chi connectivity index (χ2v) is 8.76. The summed E-state index contributed by atoms with van der Waals surface area (Å²) in [5, 5.41) is 9.20. The van der Waals surface area contributed by atoms with E-state index in [1.165, 1.54) is 21.3 Å². The number of carbonyl (C=O) groups excluding carboxylic acids is 2. The molecule has 29 heavy (non-hydrogen) atoms. The van der Waals surface area contributed by atoms with Gasteiger partial charge < -0.3 is 0 Å². The number of amides is 2. The Labute approximate surface area is 168 Å². The zero-order chi connectivity index (χ0) is 20.6. The van der Waals surface area contributed by atoms with Crippen molar-refractivity contribution in [2.24, 2.45) is 0 Å². The van der Waals surface area contributed by atoms with Crippen LogP contribution in [0.15, 0.2) is 53.4 Å². The van der Waals surface area contributed by atoms with E-state index < -0.39 is 10.0 Å². The zero-order valence-electron chi connectivity index (χ0n) is 15.5. The Balaban J connectivity index is 1.44. The molecule has 8 nitrogen and oxygen atoms in total. The topological polar surface area (TPSA) is 102 Å². The maximum Gasteiger partial charge on any atom is 0.262 e. The Morgan fingerprint density at radius 1 is 0.862 bits per heavy atom. The third-order valence-electron chi connectivity index (χ3n) is 5.18. The van der Waals surface area contributed by atoms with Crippen molar-refractivity contribution >= 4 is 21.8 Å². The van der Waals surface area contributed by atoms with Crippen molar-refractivity contribution in [1.82, 2.24) is 14.1 Å². The Morgan fingerprint density at radius 3 is 2.00 bits per heavy atom. The predicted molar refractivity (Wildman–Crippen MR) is 103 cm³/mol. The van der Waals surface area contributed by atoms with E-state index >= 15 is 0 Å². The molecule has 0 unspecified atom stereocenters. The highest BCUT2D eigenvalue weighted by Crippen LogP contribution is 2.24. The number of imide groups is 1. The van der Waals surface area contributed by atoms with Crippen LogP contribution in [0.1, 0.15) is 26.3 Å². The molecule has 2 aliphatic heterocycles. The molecule has 0 saturated carbocycles. The molecule has 9 heteroatoms. The molecule has 0 N–H and O–H groups in total. The highest BCUT2D eigenvalue weighted by molar-refractivity contribution is 7.89. The van der Waals surface area contributed by atoms with E-state index in [0.717, 1.165) is 0 Å². The van der Waals surface area contributed by atoms with Crippen molar-refractivity contribution in [2.75, 3.05) is 32.8 Å². The smallest absolute Gasteiger partial charge is 0.262 e. The zero-order valence-corrected chi connectivity index (χ0v) is 16.3. The summed E-state index contributed by atoms with van der Waals surface area (Å²) in [6.45, 7) is 1.30. The molecule has 0 radical (unpaired) electrons. The molecule has 148 valence electrons. The fourth-order valence-corrected chi connectivity index (χ4v) is 5.17. The van der Waals surface area contributed by atoms with E-state index in [0.29, 0.717) is 24.2 Å². The summed E-state index contributed by atoms with van der Waals surface area (Å²) in [4.78, 5) is 28.1. The molecule has 0 aliphatic carbocycles. The highest BCUT2D eigenvalue weighted by Gasteiger charge is 2.37. The van der Waals surface area contributed by atoms with Crippen molar-refractivity contribution in [2.45, 2.75) is 4.90 Å². The number of hydrogen-bond donors (Lipinski definition) is 0. The lowest BCUT2D eigenvalue weighted by Gasteiger charge is -2.35. The Hall–Kier alpha value is -3.06. The number of carbonyl (C=O) groups is 2. The number of nitriles is 1. The van der Waals surface area contributed by atoms with E-state index in [9.17, 15) is 23.3 Å². The molecule has 0 aromatic heterocycles. The Kier molecular flexibility index (Phi) is 4.92. The molecule has 1 saturated heterocycles. The molecule has 0 bridgehead atoms. The number of sulfonamides is 1. The van der Waals surface area contributed by atoms with Gasteiger partial charge in [-0.15, -0.1) is 0 Å². The van der Waals surface area contributed by atoms with Gasteiger partial charge in [-0.1, -0.05) is 24.3 Å². The lowest BCUT2D eigenvalue weighted by atomic mass is 10.1. The molecular weight excluding hydrogens is 392 g/mol. The minimum Gasteiger partial charge on any atom is -0.283 e. The third kappa shape index (κ3) is 3.31. The number of piperazine rings is 1. The molecule has 1 fully saturated rings. The van der Waals surface area contributed by atoms with Gasteiger partial charge in [0.2, 0.25) is 10.0 Å². The maximum absolute atomic E-state index is 12.9. The molecule has 2 aliphatic rings. The van der Waals surface area contributed by atoms with Gasteiger partial charge in [-0.25, -0.2) is 8.42 Å². The summed E-state index contributed by atoms with van der Waals surface area (Å²) in [7, 11) is -3.78. The summed E-state index contributed by atoms with van der Waals surface area (Å²) >= 11 is 0. The first-order chi connectivity index (χ1) is 13.9. The van der Waals surface area contributed by atoms with Gasteiger partial charge in [0.1, 0.15) is 6.07 Å². The fraction of sp³-hybridized carbons (Fsp3) is 0.250. The third-order valence-corrected chi connectivity index (χ3v) is 7.13. The van der Waals surface area contributed by atoms with Gasteiger partial charge >= 0.3 is 0 Å². The summed E-state index contributed by atoms with van der Waals surface area (Å²) < 4.78 is 27.2. The van der Waals surface area contributed by atoms with Crippen LogP contribution < -0.4 is 0 Å². The molecule has 4 rings (SSSR count). The second-order valence-electron chi connectivity index (χ2n) is 6.86. The SMILES string of the molecule is N#Cc1ccccc1S(=O)(=O)N1CCN(CN2C(=O)c3ccccc3C2=O)CC1. The number of nitrogens with zero attached hydrogens (tertiary/aromatic N) is 4. The quantitative estimate of drug-likeness (QED) is 0.700. The Bertz CT molecular complexity index is 1100. The van der Waals surface area contributed by atoms with Crippen molar-refractivity contribution < 1.29 is 18.0 Å². The molecule has 2 amide bonds. The minimum atomic E-state index is -3.78. The van der Waals surface area contributed by atoms with Crippen molar-refractivity contribution in [3.63, 3.8) is 0 Å². The number of rotatable bonds is 4. The van der Waals surface area contributed by atoms with Crippen LogP contribution in [0.3, 0.4) is 0 Å². The summed E-state index contributed by atoms with van der Waals surface area (Å²) in [5.41, 5.74) is 0.902. The molecule has 2 aromatic carbocycles. The molecule has 0 atom stereocenters. The van der Waals surface area contributed by atoms with Gasteiger partial charge in [-0.2, -0.15) is 9.57 Å². The maximum atomic E-state index is 12.9. The van der Waals surface area contributed by atoms with Gasteiger partial charge in [0.05, 0.1) is 28.3 Å². The molecular formula is C20H18N4O4S. The second kappa shape index (κ2) is 7.40. The van der Waals surface area contributed by atoms with Crippen LogP contribution in [0.2, 0.25) is 0 Å². The van der Waals surface area contributed by atoms with E-state index in [2.05, 4.69) is 0 Å². The normalized spacial score (nSPS) is 18.0. The molecule has 2 heterocycles. The summed E-state index contributed by atoms with van der Waals surface area (Å²) in [6, 6.07) is 14.7. The lowest BCUT2D eigenvalue weighted by molar-refractivity contribution is 0.0500. The van der Waals surface area contributed by atoms with Crippen LogP contribution in [0.25, 0.3) is 0 Å². The summed E-state index contributed by atoms with van der Waals surface area (Å²) in [5.74, 6) is -0.660. The standard InChI is InChI=1S/C20H18N4O4S/c21-13-15-5-1-4-8-18(15)29(27,28)23-11-9-22(10-12-23)14-24-19(25)16-6-2-3-7-17(16)20(24)26/h1-8H,9-12,14H2. The van der Waals surface area contributed by atoms with Gasteiger partial charge in [0.15, 0.2) is 0 Å². The number of benzene rings is 2. The number of fused-ring (bicyclic) bond motifs is 1. The van der Waals surface area contributed by atoms with Crippen molar-refractivity contribution in [3.8, 4) is 6.07 Å². The van der Waals surface area contributed by atoms with Crippen molar-refractivity contribution in [3.05, 3.63) is 65.2 Å². The molecule has 2 aromatic rings. The van der Waals surface area contributed by atoms with Crippen LogP contribution in [0.5, 0.6) is 0 Å². The van der Waals surface area contributed by atoms with Crippen LogP contribution in [0, 0.1) is 11.3 Å². The van der Waals surface area contributed by atoms with E-state index in [-0.39, 0.29) is 42.0 Å². The van der Waals surface area contributed by atoms with Crippen LogP contribution >= 0.6 is 0 Å². The monoisotopic (exact) mass is 410 g/mol. The fourth-order valence-electron chi connectivity index (χ4n) is 3.60. The van der Waals surface area contributed by atoms with E-state index in [1.807, 2.05) is 11.0 Å². The average Bonchev–Trinajstić information content (AvgIpc) is 2.99. The highest BCUT2D eigenvalue weighted by atomic mass is 32.2. The first kappa shape index (κ1) is 19.3. The largest absolute Gasteiger partial charge is 0.283 e. The van der Waals surface area contributed by atoms with E-state index in [1.54, 1.807) is 36.4 Å². The van der Waals surface area contributed by atoms with Gasteiger partial charge in [0, 0.05) is 26.2 Å². The summed E-state index contributed by atoms with van der Waals surface area (Å²) in [6.07, 6.45) is 0. The van der Waals surface area contributed by atoms with Crippen molar-refractivity contribution in [1.29, 1.82) is 5.26 Å². The molecule has 0 spiro atoms. The van der Waals surface area contributed by atoms with Gasteiger partial charge in [-0.05, 0) is 24.3 Å². The van der Waals surface area contributed by atoms with Crippen LogP contribution in [-0.2, 0) is 10.0 Å². The van der Waals surface area contributed by atoms with Gasteiger partial charge in [-0.3, -0.25) is 19.4 Å². The average molecular weight is 410 g/mol. The van der Waals surface area contributed by atoms with Crippen LogP contribution in [-0.4, -0.2) is 67.2 Å². The van der Waals surface area contributed by atoms with Gasteiger partial charge in [0.25, 0.3) is 11.8 Å². The first-order valence-electron chi connectivity index (χ1n) is 9.10. The number of hydrogen-bond acceptors (Lipinski definition) is 6. The minimum absolute atomic E-state index is 0.00343. The van der Waals surface area contributed by atoms with Crippen LogP contribution in [0.4, 0.5) is 0 Å². The first-order valence-corrected chi connectivity index (χ1v) is 10.5. The lowest BCUT2D eigenvalue weighted by Crippen LogP contribution is -2.52. The predicted octanol–water partition coefficient (Wildman–Crippen LogP) is 1.12. The van der Waals surface area contributed by atoms with E-state index in [4.69, 9.17) is 0 Å².